The van der Waals surface area contributed by atoms with Crippen LogP contribution in [0.2, 0.25) is 5.02 Å². The molecule has 2 saturated heterocycles. The lowest BCUT2D eigenvalue weighted by Crippen LogP contribution is -2.58. The van der Waals surface area contributed by atoms with E-state index in [4.69, 9.17) is 26.1 Å². The minimum absolute atomic E-state index is 0.106. The molecule has 7 nitrogen and oxygen atoms in total. The van der Waals surface area contributed by atoms with Gasteiger partial charge in [0.25, 0.3) is 0 Å². The van der Waals surface area contributed by atoms with Crippen molar-refractivity contribution in [3.63, 3.8) is 0 Å². The van der Waals surface area contributed by atoms with E-state index >= 15 is 0 Å². The summed E-state index contributed by atoms with van der Waals surface area (Å²) in [5, 5.41) is 10.8. The molecule has 2 unspecified atom stereocenters. The van der Waals surface area contributed by atoms with E-state index in [2.05, 4.69) is 9.80 Å². The summed E-state index contributed by atoms with van der Waals surface area (Å²) < 4.78 is 11.7. The zero-order valence-corrected chi connectivity index (χ0v) is 19.4. The Balaban J connectivity index is 1.51. The van der Waals surface area contributed by atoms with Crippen LogP contribution in [0.25, 0.3) is 0 Å². The van der Waals surface area contributed by atoms with E-state index in [9.17, 15) is 9.90 Å². The number of benzene rings is 2. The molecule has 0 radical (unpaired) electrons. The number of carbonyl (C=O) groups is 1. The fraction of sp³-hybridized carbons (Fsp3) is 0.440. The van der Waals surface area contributed by atoms with E-state index in [1.54, 1.807) is 12.1 Å². The van der Waals surface area contributed by atoms with E-state index in [0.717, 1.165) is 43.1 Å². The third kappa shape index (κ3) is 4.45. The molecule has 3 aliphatic rings. The van der Waals surface area contributed by atoms with Crippen molar-refractivity contribution in [2.75, 3.05) is 39.9 Å². The Kier molecular flexibility index (Phi) is 6.27. The van der Waals surface area contributed by atoms with Gasteiger partial charge in [-0.1, -0.05) is 23.7 Å². The maximum atomic E-state index is 12.4. The molecule has 0 spiro atoms. The van der Waals surface area contributed by atoms with Crippen LogP contribution < -0.4 is 4.74 Å². The van der Waals surface area contributed by atoms with E-state index in [0.29, 0.717) is 36.2 Å². The number of carboxylic acid groups (broad SMARTS) is 1. The molecule has 33 heavy (non-hydrogen) atoms. The zero-order valence-electron chi connectivity index (χ0n) is 18.6. The van der Waals surface area contributed by atoms with Crippen molar-refractivity contribution in [1.29, 1.82) is 0 Å². The zero-order chi connectivity index (χ0) is 22.9. The van der Waals surface area contributed by atoms with Gasteiger partial charge < -0.3 is 19.5 Å². The number of hydrogen-bond acceptors (Lipinski definition) is 6. The van der Waals surface area contributed by atoms with Crippen LogP contribution in [0.1, 0.15) is 18.4 Å². The van der Waals surface area contributed by atoms with Gasteiger partial charge in [0.15, 0.2) is 5.75 Å². The molecule has 0 saturated carbocycles. The van der Waals surface area contributed by atoms with Gasteiger partial charge in [-0.25, -0.2) is 4.99 Å². The number of fused-ring (bicyclic) bond motifs is 2. The molecule has 2 fully saturated rings. The summed E-state index contributed by atoms with van der Waals surface area (Å²) in [6.07, 6.45) is 1.57. The summed E-state index contributed by atoms with van der Waals surface area (Å²) in [7, 11) is 2.03. The maximum Gasteiger partial charge on any atom is 0.308 e. The number of aliphatic imine (C=N–C) groups is 1. The van der Waals surface area contributed by atoms with Gasteiger partial charge in [0.05, 0.1) is 11.5 Å². The summed E-state index contributed by atoms with van der Waals surface area (Å²) in [5.41, 5.74) is 1.56. The van der Waals surface area contributed by atoms with E-state index in [1.807, 2.05) is 37.4 Å². The third-order valence-electron chi connectivity index (χ3n) is 6.96. The highest BCUT2D eigenvalue weighted by Crippen LogP contribution is 2.40. The van der Waals surface area contributed by atoms with Gasteiger partial charge in [-0.3, -0.25) is 9.69 Å². The quantitative estimate of drug-likeness (QED) is 0.723. The predicted octanol–water partition coefficient (Wildman–Crippen LogP) is 4.27. The number of rotatable bonds is 3. The number of hydrogen-bond donors (Lipinski definition) is 1. The fourth-order valence-corrected chi connectivity index (χ4v) is 5.34. The summed E-state index contributed by atoms with van der Waals surface area (Å²) >= 11 is 6.26. The first-order valence-corrected chi connectivity index (χ1v) is 11.8. The Labute approximate surface area is 198 Å². The highest BCUT2D eigenvalue weighted by Gasteiger charge is 2.41. The Morgan fingerprint density at radius 2 is 1.94 bits per heavy atom. The van der Waals surface area contributed by atoms with Gasteiger partial charge >= 0.3 is 5.97 Å². The van der Waals surface area contributed by atoms with Crippen molar-refractivity contribution in [2.45, 2.75) is 18.9 Å². The molecule has 3 aliphatic heterocycles. The first-order valence-electron chi connectivity index (χ1n) is 11.4. The second-order valence-corrected chi connectivity index (χ2v) is 9.39. The molecule has 2 aromatic rings. The van der Waals surface area contributed by atoms with Crippen molar-refractivity contribution < 1.29 is 19.4 Å². The first kappa shape index (κ1) is 22.2. The lowest BCUT2D eigenvalue weighted by Gasteiger charge is -2.45. The lowest BCUT2D eigenvalue weighted by molar-refractivity contribution is -0.149. The van der Waals surface area contributed by atoms with E-state index in [-0.39, 0.29) is 12.0 Å². The molecule has 1 N–H and O–H groups in total. The smallest absolute Gasteiger partial charge is 0.308 e. The normalized spacial score (nSPS) is 22.4. The number of likely N-dealkylation sites (N-methyl/N-ethyl adjacent to an activating group) is 1. The molecule has 0 amide bonds. The number of amidine groups is 1. The van der Waals surface area contributed by atoms with Crippen LogP contribution in [0.5, 0.6) is 11.5 Å². The number of piperazine rings is 1. The number of carboxylic acids is 1. The number of aliphatic carboxylic acids is 1. The highest BCUT2D eigenvalue weighted by molar-refractivity contribution is 6.31. The molecule has 3 heterocycles. The van der Waals surface area contributed by atoms with Gasteiger partial charge in [-0.2, -0.15) is 0 Å². The van der Waals surface area contributed by atoms with Crippen molar-refractivity contribution in [3.05, 3.63) is 53.1 Å². The van der Waals surface area contributed by atoms with Crippen molar-refractivity contribution in [1.82, 2.24) is 9.80 Å². The first-order chi connectivity index (χ1) is 16.0. The van der Waals surface area contributed by atoms with Gasteiger partial charge in [0.1, 0.15) is 17.3 Å². The second-order valence-electron chi connectivity index (χ2n) is 8.95. The highest BCUT2D eigenvalue weighted by atomic mass is 35.5. The van der Waals surface area contributed by atoms with Crippen LogP contribution in [0.15, 0.2) is 47.5 Å². The van der Waals surface area contributed by atoms with Crippen LogP contribution in [0, 0.1) is 11.8 Å². The maximum absolute atomic E-state index is 12.4. The summed E-state index contributed by atoms with van der Waals surface area (Å²) in [4.78, 5) is 21.8. The number of ether oxygens (including phenoxy) is 2. The number of halogens is 1. The van der Waals surface area contributed by atoms with Crippen LogP contribution in [-0.2, 0) is 9.53 Å². The molecule has 174 valence electrons. The number of nitrogens with zero attached hydrogens (tertiary/aromatic N) is 3. The minimum Gasteiger partial charge on any atom is -0.481 e. The molecule has 0 bridgehead atoms. The molecule has 0 aliphatic carbocycles. The second kappa shape index (κ2) is 9.33. The van der Waals surface area contributed by atoms with Crippen LogP contribution in [0.3, 0.4) is 0 Å². The molecule has 2 aromatic carbocycles. The summed E-state index contributed by atoms with van der Waals surface area (Å²) in [6, 6.07) is 13.1. The summed E-state index contributed by atoms with van der Waals surface area (Å²) in [6.45, 7) is 3.33. The molecule has 2 atom stereocenters. The van der Waals surface area contributed by atoms with Gasteiger partial charge in [-0.05, 0) is 56.1 Å². The molecule has 5 rings (SSSR count). The van der Waals surface area contributed by atoms with Gasteiger partial charge in [0.2, 0.25) is 0 Å². The van der Waals surface area contributed by atoms with Crippen LogP contribution >= 0.6 is 11.6 Å². The Morgan fingerprint density at radius 3 is 2.73 bits per heavy atom. The molecular weight excluding hydrogens is 442 g/mol. The Morgan fingerprint density at radius 1 is 1.15 bits per heavy atom. The van der Waals surface area contributed by atoms with Crippen molar-refractivity contribution in [3.8, 4) is 11.5 Å². The average molecular weight is 470 g/mol. The fourth-order valence-electron chi connectivity index (χ4n) is 5.17. The largest absolute Gasteiger partial charge is 0.481 e. The van der Waals surface area contributed by atoms with Crippen molar-refractivity contribution >= 4 is 29.1 Å². The van der Waals surface area contributed by atoms with Gasteiger partial charge in [0, 0.05) is 43.9 Å². The Hall–Kier alpha value is -2.61. The standard InChI is InChI=1S/C25H28ClN3O4/c1-28-10-11-29(15-20(28)23(25(30)31)16-8-12-32-13-9-16)24-18-4-2-3-5-21(18)33-22-7-6-17(26)14-19(22)27-24/h2-7,14,16,20,23H,8-13,15H2,1H3,(H,30,31). The molecule has 8 heteroatoms. The van der Waals surface area contributed by atoms with E-state index < -0.39 is 11.9 Å². The lowest BCUT2D eigenvalue weighted by atomic mass is 9.79. The van der Waals surface area contributed by atoms with Gasteiger partial charge in [-0.15, -0.1) is 0 Å². The van der Waals surface area contributed by atoms with Crippen LogP contribution in [-0.4, -0.2) is 72.6 Å². The van der Waals surface area contributed by atoms with Crippen LogP contribution in [0.4, 0.5) is 5.69 Å². The number of para-hydroxylation sites is 1. The Bertz CT molecular complexity index is 1070. The minimum atomic E-state index is -0.732. The topological polar surface area (TPSA) is 74.6 Å². The summed E-state index contributed by atoms with van der Waals surface area (Å²) in [5.74, 6) is 1.09. The average Bonchev–Trinajstić information content (AvgIpc) is 2.97. The monoisotopic (exact) mass is 469 g/mol. The SMILES string of the molecule is CN1CCN(C2=Nc3cc(Cl)ccc3Oc3ccccc32)CC1C(C(=O)O)C1CCOCC1. The molecule has 0 aromatic heterocycles. The van der Waals surface area contributed by atoms with E-state index in [1.165, 1.54) is 0 Å². The van der Waals surface area contributed by atoms with Crippen molar-refractivity contribution in [2.24, 2.45) is 16.8 Å². The third-order valence-corrected chi connectivity index (χ3v) is 7.20. The predicted molar refractivity (Wildman–Crippen MR) is 127 cm³/mol. The molecular formula is C25H28ClN3O4.